The van der Waals surface area contributed by atoms with E-state index in [0.717, 1.165) is 5.56 Å². The average molecular weight is 291 g/mol. The summed E-state index contributed by atoms with van der Waals surface area (Å²) >= 11 is 0. The Kier molecular flexibility index (Phi) is 4.32. The maximum Gasteiger partial charge on any atom is 0.260 e. The first kappa shape index (κ1) is 14.7. The molecule has 2 aromatic rings. The van der Waals surface area contributed by atoms with Crippen LogP contribution in [0.4, 0.5) is 5.82 Å². The van der Waals surface area contributed by atoms with Crippen LogP contribution in [0.25, 0.3) is 0 Å². The minimum atomic E-state index is -0.333. The Bertz CT molecular complexity index is 652. The van der Waals surface area contributed by atoms with Crippen LogP contribution in [0.5, 0.6) is 17.2 Å². The molecule has 1 aromatic carbocycles. The fraction of sp³-hybridized carbons (Fsp3) is 0.286. The molecule has 0 aliphatic heterocycles. The lowest BCUT2D eigenvalue weighted by Gasteiger charge is -2.13. The minimum Gasteiger partial charge on any atom is -0.496 e. The highest BCUT2D eigenvalue weighted by Crippen LogP contribution is 2.34. The molecule has 0 atom stereocenters. The lowest BCUT2D eigenvalue weighted by Crippen LogP contribution is -2.14. The van der Waals surface area contributed by atoms with Crippen molar-refractivity contribution in [2.45, 2.75) is 6.92 Å². The van der Waals surface area contributed by atoms with Gasteiger partial charge in [0.05, 0.1) is 33.1 Å². The molecule has 2 rings (SSSR count). The molecule has 7 nitrogen and oxygen atoms in total. The third kappa shape index (κ3) is 2.91. The van der Waals surface area contributed by atoms with E-state index in [0.29, 0.717) is 28.6 Å². The molecule has 7 heteroatoms. The van der Waals surface area contributed by atoms with Gasteiger partial charge in [0.15, 0.2) is 11.5 Å². The number of benzene rings is 1. The van der Waals surface area contributed by atoms with Gasteiger partial charge >= 0.3 is 0 Å². The molecule has 0 bridgehead atoms. The SMILES string of the molecule is COc1cc(OC)c(C(=O)Nc2[nH]ncc2C)cc1OC. The number of H-pyrrole nitrogens is 1. The number of aromatic nitrogens is 2. The predicted octanol–water partition coefficient (Wildman–Crippen LogP) is 2.00. The first-order valence-corrected chi connectivity index (χ1v) is 6.22. The number of hydrogen-bond donors (Lipinski definition) is 2. The van der Waals surface area contributed by atoms with Gasteiger partial charge in [-0.05, 0) is 6.92 Å². The number of rotatable bonds is 5. The minimum absolute atomic E-state index is 0.333. The van der Waals surface area contributed by atoms with Gasteiger partial charge in [0.25, 0.3) is 5.91 Å². The van der Waals surface area contributed by atoms with Crippen molar-refractivity contribution in [3.63, 3.8) is 0 Å². The summed E-state index contributed by atoms with van der Waals surface area (Å²) < 4.78 is 15.6. The second-order valence-electron chi connectivity index (χ2n) is 4.29. The molecule has 1 aromatic heterocycles. The summed E-state index contributed by atoms with van der Waals surface area (Å²) in [5.74, 6) is 1.53. The fourth-order valence-corrected chi connectivity index (χ4v) is 1.86. The van der Waals surface area contributed by atoms with E-state index in [1.54, 1.807) is 18.3 Å². The van der Waals surface area contributed by atoms with Crippen molar-refractivity contribution in [3.05, 3.63) is 29.5 Å². The summed E-state index contributed by atoms with van der Waals surface area (Å²) in [7, 11) is 4.51. The molecule has 1 amide bonds. The monoisotopic (exact) mass is 291 g/mol. The molecule has 0 spiro atoms. The van der Waals surface area contributed by atoms with Crippen molar-refractivity contribution in [3.8, 4) is 17.2 Å². The maximum atomic E-state index is 12.4. The van der Waals surface area contributed by atoms with Crippen LogP contribution in [0.15, 0.2) is 18.3 Å². The zero-order chi connectivity index (χ0) is 15.4. The summed E-state index contributed by atoms with van der Waals surface area (Å²) in [6.07, 6.45) is 1.63. The predicted molar refractivity (Wildman–Crippen MR) is 77.4 cm³/mol. The number of anilines is 1. The third-order valence-electron chi connectivity index (χ3n) is 3.02. The summed E-state index contributed by atoms with van der Waals surface area (Å²) in [4.78, 5) is 12.4. The van der Waals surface area contributed by atoms with Crippen molar-refractivity contribution in [2.75, 3.05) is 26.6 Å². The van der Waals surface area contributed by atoms with Gasteiger partial charge in [-0.2, -0.15) is 5.10 Å². The molecular formula is C14H17N3O4. The Labute approximate surface area is 122 Å². The Morgan fingerprint density at radius 2 is 1.71 bits per heavy atom. The Balaban J connectivity index is 2.37. The first-order valence-electron chi connectivity index (χ1n) is 6.22. The number of amides is 1. The van der Waals surface area contributed by atoms with Crippen molar-refractivity contribution >= 4 is 11.7 Å². The molecule has 0 saturated carbocycles. The van der Waals surface area contributed by atoms with Crippen LogP contribution in [0.2, 0.25) is 0 Å². The molecule has 1 heterocycles. The number of ether oxygens (including phenoxy) is 3. The molecule has 21 heavy (non-hydrogen) atoms. The lowest BCUT2D eigenvalue weighted by molar-refractivity contribution is 0.102. The van der Waals surface area contributed by atoms with Crippen LogP contribution in [0, 0.1) is 6.92 Å². The standard InChI is InChI=1S/C14H17N3O4/c1-8-7-15-17-13(8)16-14(18)9-5-11(20-3)12(21-4)6-10(9)19-2/h5-7H,1-4H3,(H2,15,16,17,18). The first-order chi connectivity index (χ1) is 10.1. The van der Waals surface area contributed by atoms with E-state index in [1.807, 2.05) is 6.92 Å². The van der Waals surface area contributed by atoms with Gasteiger partial charge in [-0.15, -0.1) is 0 Å². The third-order valence-corrected chi connectivity index (χ3v) is 3.02. The number of hydrogen-bond acceptors (Lipinski definition) is 5. The zero-order valence-electron chi connectivity index (χ0n) is 12.3. The normalized spacial score (nSPS) is 10.1. The Hall–Kier alpha value is -2.70. The van der Waals surface area contributed by atoms with E-state index >= 15 is 0 Å². The second-order valence-corrected chi connectivity index (χ2v) is 4.29. The van der Waals surface area contributed by atoms with Crippen LogP contribution >= 0.6 is 0 Å². The molecule has 112 valence electrons. The van der Waals surface area contributed by atoms with Crippen LogP contribution in [-0.2, 0) is 0 Å². The quantitative estimate of drug-likeness (QED) is 0.880. The fourth-order valence-electron chi connectivity index (χ4n) is 1.86. The number of carbonyl (C=O) groups excluding carboxylic acids is 1. The largest absolute Gasteiger partial charge is 0.496 e. The molecule has 0 fully saturated rings. The summed E-state index contributed by atoms with van der Waals surface area (Å²) in [5.41, 5.74) is 1.17. The van der Waals surface area contributed by atoms with Gasteiger partial charge in [-0.3, -0.25) is 9.89 Å². The highest BCUT2D eigenvalue weighted by molar-refractivity contribution is 6.06. The van der Waals surface area contributed by atoms with Crippen LogP contribution in [-0.4, -0.2) is 37.4 Å². The Morgan fingerprint density at radius 3 is 2.24 bits per heavy atom. The maximum absolute atomic E-state index is 12.4. The molecule has 2 N–H and O–H groups in total. The molecular weight excluding hydrogens is 274 g/mol. The summed E-state index contributed by atoms with van der Waals surface area (Å²) in [6, 6.07) is 3.17. The van der Waals surface area contributed by atoms with Crippen molar-refractivity contribution in [2.24, 2.45) is 0 Å². The molecule has 0 aliphatic carbocycles. The van der Waals surface area contributed by atoms with Gasteiger partial charge in [0, 0.05) is 17.7 Å². The topological polar surface area (TPSA) is 85.5 Å². The molecule has 0 aliphatic rings. The van der Waals surface area contributed by atoms with Crippen molar-refractivity contribution in [1.82, 2.24) is 10.2 Å². The van der Waals surface area contributed by atoms with E-state index in [2.05, 4.69) is 15.5 Å². The lowest BCUT2D eigenvalue weighted by atomic mass is 10.1. The van der Waals surface area contributed by atoms with E-state index in [-0.39, 0.29) is 5.91 Å². The van der Waals surface area contributed by atoms with Crippen LogP contribution in [0.1, 0.15) is 15.9 Å². The number of methoxy groups -OCH3 is 3. The van der Waals surface area contributed by atoms with Crippen molar-refractivity contribution < 1.29 is 19.0 Å². The van der Waals surface area contributed by atoms with Crippen LogP contribution in [0.3, 0.4) is 0 Å². The van der Waals surface area contributed by atoms with Gasteiger partial charge < -0.3 is 19.5 Å². The highest BCUT2D eigenvalue weighted by atomic mass is 16.5. The number of nitrogens with zero attached hydrogens (tertiary/aromatic N) is 1. The van der Waals surface area contributed by atoms with E-state index in [9.17, 15) is 4.79 Å². The summed E-state index contributed by atoms with van der Waals surface area (Å²) in [5, 5.41) is 9.31. The highest BCUT2D eigenvalue weighted by Gasteiger charge is 2.18. The van der Waals surface area contributed by atoms with E-state index in [1.165, 1.54) is 21.3 Å². The van der Waals surface area contributed by atoms with Crippen LogP contribution < -0.4 is 19.5 Å². The summed E-state index contributed by atoms with van der Waals surface area (Å²) in [6.45, 7) is 1.84. The number of aryl methyl sites for hydroxylation is 1. The van der Waals surface area contributed by atoms with Gasteiger partial charge in [0.1, 0.15) is 11.6 Å². The van der Waals surface area contributed by atoms with E-state index < -0.39 is 0 Å². The molecule has 0 radical (unpaired) electrons. The zero-order valence-corrected chi connectivity index (χ0v) is 12.3. The average Bonchev–Trinajstić information content (AvgIpc) is 2.90. The molecule has 0 unspecified atom stereocenters. The molecule has 0 saturated heterocycles. The van der Waals surface area contributed by atoms with E-state index in [4.69, 9.17) is 14.2 Å². The Morgan fingerprint density at radius 1 is 1.10 bits per heavy atom. The van der Waals surface area contributed by atoms with Gasteiger partial charge in [0.2, 0.25) is 0 Å². The number of nitrogens with one attached hydrogen (secondary N) is 2. The smallest absolute Gasteiger partial charge is 0.260 e. The van der Waals surface area contributed by atoms with Gasteiger partial charge in [-0.1, -0.05) is 0 Å². The van der Waals surface area contributed by atoms with Crippen molar-refractivity contribution in [1.29, 1.82) is 0 Å². The number of carbonyl (C=O) groups is 1. The van der Waals surface area contributed by atoms with Gasteiger partial charge in [-0.25, -0.2) is 0 Å². The second kappa shape index (κ2) is 6.17. The number of aromatic amines is 1.